The number of hydrogen-bond donors (Lipinski definition) is 0. The van der Waals surface area contributed by atoms with Crippen LogP contribution in [0.1, 0.15) is 0 Å². The van der Waals surface area contributed by atoms with Crippen molar-refractivity contribution in [1.29, 1.82) is 0 Å². The Hall–Kier alpha value is -1.68. The van der Waals surface area contributed by atoms with Crippen LogP contribution in [0.3, 0.4) is 0 Å². The molecule has 0 amide bonds. The van der Waals surface area contributed by atoms with E-state index < -0.39 is 0 Å². The summed E-state index contributed by atoms with van der Waals surface area (Å²) in [4.78, 5) is 9.81. The third-order valence-corrected chi connectivity index (χ3v) is 3.36. The van der Waals surface area contributed by atoms with Crippen molar-refractivity contribution in [2.24, 2.45) is 7.05 Å². The van der Waals surface area contributed by atoms with Crippen LogP contribution in [0.25, 0.3) is 20.8 Å². The summed E-state index contributed by atoms with van der Waals surface area (Å²) >= 11 is 1.73. The first-order valence-corrected chi connectivity index (χ1v) is 5.47. The first kappa shape index (κ1) is 8.61. The highest BCUT2D eigenvalue weighted by molar-refractivity contribution is 7.22. The molecule has 74 valence electrons. The summed E-state index contributed by atoms with van der Waals surface area (Å²) in [6, 6.07) is 6.13. The molecule has 0 N–H and O–H groups in total. The second-order valence-electron chi connectivity index (χ2n) is 3.42. The van der Waals surface area contributed by atoms with E-state index in [0.717, 1.165) is 11.2 Å². The van der Waals surface area contributed by atoms with E-state index in [9.17, 15) is 0 Å². The number of rotatable bonds is 1. The van der Waals surface area contributed by atoms with E-state index in [1.165, 1.54) is 9.58 Å². The summed E-state index contributed by atoms with van der Waals surface area (Å²) in [5, 5.41) is 0. The zero-order valence-corrected chi connectivity index (χ0v) is 9.03. The highest BCUT2D eigenvalue weighted by Gasteiger charge is 2.06. The van der Waals surface area contributed by atoms with Gasteiger partial charge in [-0.3, -0.25) is 4.98 Å². The van der Waals surface area contributed by atoms with Crippen LogP contribution in [-0.4, -0.2) is 14.5 Å². The minimum absolute atomic E-state index is 1.01. The molecule has 0 atom stereocenters. The Morgan fingerprint density at radius 1 is 1.33 bits per heavy atom. The zero-order chi connectivity index (χ0) is 10.3. The van der Waals surface area contributed by atoms with E-state index in [4.69, 9.17) is 0 Å². The van der Waals surface area contributed by atoms with Gasteiger partial charge in [0.2, 0.25) is 0 Å². The lowest BCUT2D eigenvalue weighted by Gasteiger charge is -1.85. The van der Waals surface area contributed by atoms with Crippen molar-refractivity contribution >= 4 is 21.6 Å². The van der Waals surface area contributed by atoms with Gasteiger partial charge in [-0.15, -0.1) is 11.3 Å². The number of imidazole rings is 1. The number of pyridine rings is 1. The smallest absolute Gasteiger partial charge is 0.0982 e. The molecule has 0 unspecified atom stereocenters. The summed E-state index contributed by atoms with van der Waals surface area (Å²) in [5.41, 5.74) is 2.06. The maximum absolute atomic E-state index is 4.33. The third kappa shape index (κ3) is 1.43. The molecule has 0 radical (unpaired) electrons. The van der Waals surface area contributed by atoms with Crippen molar-refractivity contribution in [3.8, 4) is 10.6 Å². The molecule has 3 nitrogen and oxygen atoms in total. The fourth-order valence-corrected chi connectivity index (χ4v) is 2.52. The van der Waals surface area contributed by atoms with Crippen LogP contribution in [0.4, 0.5) is 0 Å². The van der Waals surface area contributed by atoms with Crippen molar-refractivity contribution in [3.05, 3.63) is 36.9 Å². The summed E-state index contributed by atoms with van der Waals surface area (Å²) < 4.78 is 3.16. The Morgan fingerprint density at radius 3 is 3.00 bits per heavy atom. The lowest BCUT2D eigenvalue weighted by molar-refractivity contribution is 0.913. The summed E-state index contributed by atoms with van der Waals surface area (Å²) in [7, 11) is 1.97. The van der Waals surface area contributed by atoms with Gasteiger partial charge >= 0.3 is 0 Å². The van der Waals surface area contributed by atoms with Gasteiger partial charge in [0.15, 0.2) is 0 Å². The monoisotopic (exact) mass is 215 g/mol. The highest BCUT2D eigenvalue weighted by Crippen LogP contribution is 2.30. The number of aryl methyl sites for hydroxylation is 1. The zero-order valence-electron chi connectivity index (χ0n) is 8.21. The number of hydrogen-bond acceptors (Lipinski definition) is 3. The van der Waals surface area contributed by atoms with Gasteiger partial charge in [0.25, 0.3) is 0 Å². The summed E-state index contributed by atoms with van der Waals surface area (Å²) in [6.07, 6.45) is 5.65. The Bertz CT molecular complexity index is 576. The van der Waals surface area contributed by atoms with Crippen LogP contribution in [0.2, 0.25) is 0 Å². The quantitative estimate of drug-likeness (QED) is 0.625. The summed E-state index contributed by atoms with van der Waals surface area (Å²) in [5.74, 6) is 0. The lowest BCUT2D eigenvalue weighted by Crippen LogP contribution is -1.77. The Morgan fingerprint density at radius 2 is 2.27 bits per heavy atom. The topological polar surface area (TPSA) is 30.7 Å². The van der Waals surface area contributed by atoms with Crippen LogP contribution in [0.5, 0.6) is 0 Å². The maximum atomic E-state index is 4.33. The van der Waals surface area contributed by atoms with Gasteiger partial charge in [0.05, 0.1) is 27.1 Å². The van der Waals surface area contributed by atoms with Crippen LogP contribution in [0, 0.1) is 0 Å². The number of aromatic nitrogens is 3. The molecule has 0 fully saturated rings. The number of thiophene rings is 1. The molecule has 0 aliphatic carbocycles. The minimum atomic E-state index is 1.01. The molecule has 0 saturated heterocycles. The van der Waals surface area contributed by atoms with Gasteiger partial charge in [-0.2, -0.15) is 0 Å². The standard InChI is InChI=1S/C11H9N3S/c1-14-6-9(13-7-14)11-5-8-10(15-11)3-2-4-12-8/h2-7H,1H3. The van der Waals surface area contributed by atoms with E-state index in [0.29, 0.717) is 0 Å². The Labute approximate surface area is 91.0 Å². The largest absolute Gasteiger partial charge is 0.340 e. The summed E-state index contributed by atoms with van der Waals surface area (Å²) in [6.45, 7) is 0. The van der Waals surface area contributed by atoms with Crippen molar-refractivity contribution in [2.75, 3.05) is 0 Å². The van der Waals surface area contributed by atoms with Crippen molar-refractivity contribution in [1.82, 2.24) is 14.5 Å². The van der Waals surface area contributed by atoms with E-state index >= 15 is 0 Å². The average molecular weight is 215 g/mol. The van der Waals surface area contributed by atoms with Gasteiger partial charge < -0.3 is 4.57 Å². The Kier molecular flexibility index (Phi) is 1.82. The van der Waals surface area contributed by atoms with Crippen molar-refractivity contribution < 1.29 is 0 Å². The van der Waals surface area contributed by atoms with Gasteiger partial charge in [-0.05, 0) is 18.2 Å². The van der Waals surface area contributed by atoms with Crippen molar-refractivity contribution in [2.45, 2.75) is 0 Å². The maximum Gasteiger partial charge on any atom is 0.0982 e. The third-order valence-electron chi connectivity index (χ3n) is 2.24. The molecule has 3 aromatic heterocycles. The van der Waals surface area contributed by atoms with E-state index in [1.54, 1.807) is 11.3 Å². The van der Waals surface area contributed by atoms with Crippen LogP contribution >= 0.6 is 11.3 Å². The molecule has 3 aromatic rings. The normalized spacial score (nSPS) is 11.0. The number of fused-ring (bicyclic) bond motifs is 1. The van der Waals surface area contributed by atoms with Gasteiger partial charge in [0.1, 0.15) is 0 Å². The van der Waals surface area contributed by atoms with E-state index in [2.05, 4.69) is 22.1 Å². The molecule has 0 aliphatic heterocycles. The van der Waals surface area contributed by atoms with E-state index in [-0.39, 0.29) is 0 Å². The molecule has 3 heterocycles. The second kappa shape index (κ2) is 3.17. The average Bonchev–Trinajstić information content (AvgIpc) is 2.82. The van der Waals surface area contributed by atoms with Gasteiger partial charge in [0, 0.05) is 19.4 Å². The SMILES string of the molecule is Cn1cnc(-c2cc3ncccc3s2)c1. The second-order valence-corrected chi connectivity index (χ2v) is 4.51. The van der Waals surface area contributed by atoms with Crippen LogP contribution in [-0.2, 0) is 7.05 Å². The van der Waals surface area contributed by atoms with E-state index in [1.807, 2.05) is 36.4 Å². The van der Waals surface area contributed by atoms with Gasteiger partial charge in [-0.25, -0.2) is 4.98 Å². The van der Waals surface area contributed by atoms with Crippen LogP contribution < -0.4 is 0 Å². The fraction of sp³-hybridized carbons (Fsp3) is 0.0909. The lowest BCUT2D eigenvalue weighted by atomic mass is 10.3. The molecule has 0 aliphatic rings. The molecule has 0 saturated carbocycles. The highest BCUT2D eigenvalue weighted by atomic mass is 32.1. The first-order chi connectivity index (χ1) is 7.33. The molecular weight excluding hydrogens is 206 g/mol. The molecular formula is C11H9N3S. The van der Waals surface area contributed by atoms with Crippen molar-refractivity contribution in [3.63, 3.8) is 0 Å². The molecule has 3 rings (SSSR count). The number of nitrogens with zero attached hydrogens (tertiary/aromatic N) is 3. The predicted molar refractivity (Wildman–Crippen MR) is 61.8 cm³/mol. The van der Waals surface area contributed by atoms with Crippen LogP contribution in [0.15, 0.2) is 36.9 Å². The molecule has 0 aromatic carbocycles. The minimum Gasteiger partial charge on any atom is -0.340 e. The first-order valence-electron chi connectivity index (χ1n) is 4.66. The molecule has 0 spiro atoms. The molecule has 4 heteroatoms. The fourth-order valence-electron chi connectivity index (χ4n) is 1.54. The van der Waals surface area contributed by atoms with Gasteiger partial charge in [-0.1, -0.05) is 0 Å². The molecule has 15 heavy (non-hydrogen) atoms. The molecule has 0 bridgehead atoms. The Balaban J connectivity index is 2.19. The predicted octanol–water partition coefficient (Wildman–Crippen LogP) is 2.70.